The van der Waals surface area contributed by atoms with Gasteiger partial charge in [0.1, 0.15) is 34.5 Å². The molecule has 6 aromatic rings. The predicted octanol–water partition coefficient (Wildman–Crippen LogP) is 12.6. The summed E-state index contributed by atoms with van der Waals surface area (Å²) in [7, 11) is -3.76. The van der Waals surface area contributed by atoms with Crippen LogP contribution in [0.2, 0.25) is 0 Å². The first-order chi connectivity index (χ1) is 23.9. The van der Waals surface area contributed by atoms with Gasteiger partial charge in [-0.3, -0.25) is 0 Å². The number of hydrogen-bond acceptors (Lipinski definition) is 7. The maximum Gasteiger partial charge on any atom is 0.530 e. The van der Waals surface area contributed by atoms with E-state index in [1.54, 1.807) is 11.8 Å². The Balaban J connectivity index is 1.34. The summed E-state index contributed by atoms with van der Waals surface area (Å²) in [5, 5.41) is 0. The Morgan fingerprint density at radius 1 is 0.367 bits per heavy atom. The molecule has 0 saturated carbocycles. The molecule has 49 heavy (non-hydrogen) atoms. The third-order valence-corrected chi connectivity index (χ3v) is 10.2. The summed E-state index contributed by atoms with van der Waals surface area (Å²) < 4.78 is 38.5. The standard InChI is InChI=1S/C40H36O6P2S/c1-29-25-31(3)39(45-47(41-33-17-9-5-10-18-33)42-34-19-11-6-12-20-34)37(27-29)49-38-28-30(2)26-32(4)40(38)46-48(43-35-21-13-7-14-22-35)44-36-23-15-8-16-24-36/h5-28H,1-4H3. The molecule has 0 aromatic heterocycles. The Bertz CT molecular complexity index is 1720. The van der Waals surface area contributed by atoms with Gasteiger partial charge in [-0.2, -0.15) is 0 Å². The molecule has 0 aliphatic carbocycles. The SMILES string of the molecule is Cc1cc(C)c(OP(Oc2ccccc2)Oc2ccccc2)c(Sc2cc(C)cc(C)c2OP(Oc2ccccc2)Oc2ccccc2)c1. The van der Waals surface area contributed by atoms with Gasteiger partial charge < -0.3 is 27.1 Å². The van der Waals surface area contributed by atoms with Gasteiger partial charge in [0.05, 0.1) is 9.79 Å². The fourth-order valence-corrected chi connectivity index (χ4v) is 8.49. The number of para-hydroxylation sites is 4. The van der Waals surface area contributed by atoms with Crippen molar-refractivity contribution in [3.05, 3.63) is 168 Å². The minimum Gasteiger partial charge on any atom is -0.409 e. The van der Waals surface area contributed by atoms with Crippen molar-refractivity contribution >= 4 is 29.0 Å². The highest BCUT2D eigenvalue weighted by Crippen LogP contribution is 2.51. The highest BCUT2D eigenvalue weighted by Gasteiger charge is 2.27. The van der Waals surface area contributed by atoms with Crippen molar-refractivity contribution in [3.63, 3.8) is 0 Å². The molecule has 9 heteroatoms. The molecule has 6 nitrogen and oxygen atoms in total. The zero-order valence-electron chi connectivity index (χ0n) is 27.6. The Labute approximate surface area is 295 Å². The van der Waals surface area contributed by atoms with Gasteiger partial charge in [-0.15, -0.1) is 0 Å². The van der Waals surface area contributed by atoms with E-state index in [0.717, 1.165) is 32.0 Å². The molecule has 0 aliphatic heterocycles. The average Bonchev–Trinajstić information content (AvgIpc) is 3.09. The lowest BCUT2D eigenvalue weighted by Crippen LogP contribution is -2.05. The van der Waals surface area contributed by atoms with Crippen LogP contribution in [-0.2, 0) is 0 Å². The number of benzene rings is 6. The van der Waals surface area contributed by atoms with Crippen LogP contribution >= 0.6 is 29.0 Å². The summed E-state index contributed by atoms with van der Waals surface area (Å²) in [6, 6.07) is 46.6. The van der Waals surface area contributed by atoms with Gasteiger partial charge in [-0.25, -0.2) is 0 Å². The van der Waals surface area contributed by atoms with Crippen LogP contribution in [-0.4, -0.2) is 0 Å². The summed E-state index contributed by atoms with van der Waals surface area (Å²) in [6.07, 6.45) is 0. The fourth-order valence-electron chi connectivity index (χ4n) is 4.87. The third-order valence-electron chi connectivity index (χ3n) is 7.01. The zero-order valence-corrected chi connectivity index (χ0v) is 30.2. The molecule has 248 valence electrons. The molecule has 0 fully saturated rings. The van der Waals surface area contributed by atoms with E-state index in [1.165, 1.54) is 0 Å². The molecule has 0 bridgehead atoms. The van der Waals surface area contributed by atoms with Crippen molar-refractivity contribution in [2.75, 3.05) is 0 Å². The summed E-state index contributed by atoms with van der Waals surface area (Å²) >= 11 is 1.56. The largest absolute Gasteiger partial charge is 0.530 e. The van der Waals surface area contributed by atoms with E-state index in [2.05, 4.69) is 38.1 Å². The van der Waals surface area contributed by atoms with Crippen LogP contribution in [0, 0.1) is 27.7 Å². The first-order valence-electron chi connectivity index (χ1n) is 15.7. The number of aryl methyl sites for hydroxylation is 4. The van der Waals surface area contributed by atoms with Crippen molar-refractivity contribution in [1.29, 1.82) is 0 Å². The smallest absolute Gasteiger partial charge is 0.409 e. The van der Waals surface area contributed by atoms with Gasteiger partial charge in [0.15, 0.2) is 0 Å². The van der Waals surface area contributed by atoms with E-state index in [9.17, 15) is 0 Å². The number of rotatable bonds is 14. The van der Waals surface area contributed by atoms with E-state index < -0.39 is 17.2 Å². The second kappa shape index (κ2) is 16.6. The normalized spacial score (nSPS) is 10.9. The molecular formula is C40H36O6P2S. The molecular weight excluding hydrogens is 670 g/mol. The highest BCUT2D eigenvalue weighted by molar-refractivity contribution is 7.99. The van der Waals surface area contributed by atoms with Gasteiger partial charge in [0, 0.05) is 0 Å². The lowest BCUT2D eigenvalue weighted by molar-refractivity contribution is 0.383. The lowest BCUT2D eigenvalue weighted by atomic mass is 10.1. The monoisotopic (exact) mass is 706 g/mol. The van der Waals surface area contributed by atoms with Crippen molar-refractivity contribution in [3.8, 4) is 34.5 Å². The Kier molecular flexibility index (Phi) is 11.6. The van der Waals surface area contributed by atoms with Crippen LogP contribution in [0.3, 0.4) is 0 Å². The minimum atomic E-state index is -1.88. The van der Waals surface area contributed by atoms with Crippen LogP contribution in [0.4, 0.5) is 0 Å². The molecule has 6 aromatic carbocycles. The maximum atomic E-state index is 6.66. The molecule has 0 radical (unpaired) electrons. The second-order valence-electron chi connectivity index (χ2n) is 11.2. The first kappa shape index (κ1) is 34.2. The molecule has 0 unspecified atom stereocenters. The van der Waals surface area contributed by atoms with Gasteiger partial charge in [-0.1, -0.05) is 96.7 Å². The van der Waals surface area contributed by atoms with Gasteiger partial charge >= 0.3 is 17.2 Å². The molecule has 0 amide bonds. The molecule has 0 atom stereocenters. The maximum absolute atomic E-state index is 6.66. The van der Waals surface area contributed by atoms with Crippen LogP contribution in [0.15, 0.2) is 155 Å². The Hall–Kier alpha value is -4.67. The zero-order chi connectivity index (χ0) is 34.0. The number of hydrogen-bond donors (Lipinski definition) is 0. The molecule has 0 spiro atoms. The van der Waals surface area contributed by atoms with E-state index in [0.29, 0.717) is 34.5 Å². The Morgan fingerprint density at radius 2 is 0.653 bits per heavy atom. The van der Waals surface area contributed by atoms with Crippen molar-refractivity contribution in [1.82, 2.24) is 0 Å². The van der Waals surface area contributed by atoms with E-state index in [-0.39, 0.29) is 0 Å². The van der Waals surface area contributed by atoms with Crippen LogP contribution < -0.4 is 27.1 Å². The average molecular weight is 707 g/mol. The second-order valence-corrected chi connectivity index (χ2v) is 14.2. The van der Waals surface area contributed by atoms with Gasteiger partial charge in [0.2, 0.25) is 0 Å². The Morgan fingerprint density at radius 3 is 0.939 bits per heavy atom. The first-order valence-corrected chi connectivity index (χ1v) is 18.7. The molecule has 0 heterocycles. The highest BCUT2D eigenvalue weighted by atomic mass is 32.2. The summed E-state index contributed by atoms with van der Waals surface area (Å²) in [6.45, 7) is 8.21. The van der Waals surface area contributed by atoms with E-state index in [1.807, 2.05) is 135 Å². The minimum absolute atomic E-state index is 0.652. The van der Waals surface area contributed by atoms with Crippen molar-refractivity contribution in [2.45, 2.75) is 37.5 Å². The molecule has 0 saturated heterocycles. The van der Waals surface area contributed by atoms with Crippen LogP contribution in [0.25, 0.3) is 0 Å². The third kappa shape index (κ3) is 9.70. The van der Waals surface area contributed by atoms with E-state index in [4.69, 9.17) is 27.1 Å². The molecule has 6 rings (SSSR count). The van der Waals surface area contributed by atoms with E-state index >= 15 is 0 Å². The van der Waals surface area contributed by atoms with Gasteiger partial charge in [-0.05, 0) is 111 Å². The van der Waals surface area contributed by atoms with Crippen molar-refractivity contribution < 1.29 is 27.1 Å². The predicted molar refractivity (Wildman–Crippen MR) is 199 cm³/mol. The molecule has 0 aliphatic rings. The van der Waals surface area contributed by atoms with Crippen LogP contribution in [0.5, 0.6) is 34.5 Å². The fraction of sp³-hybridized carbons (Fsp3) is 0.100. The topological polar surface area (TPSA) is 55.4 Å². The van der Waals surface area contributed by atoms with Gasteiger partial charge in [0.25, 0.3) is 0 Å². The lowest BCUT2D eigenvalue weighted by Gasteiger charge is -2.23. The summed E-state index contributed by atoms with van der Waals surface area (Å²) in [4.78, 5) is 1.79. The van der Waals surface area contributed by atoms with Crippen LogP contribution in [0.1, 0.15) is 22.3 Å². The summed E-state index contributed by atoms with van der Waals surface area (Å²) in [5.74, 6) is 3.94. The summed E-state index contributed by atoms with van der Waals surface area (Å²) in [5.41, 5.74) is 4.10. The van der Waals surface area contributed by atoms with Crippen molar-refractivity contribution in [2.24, 2.45) is 0 Å². The molecule has 0 N–H and O–H groups in total. The quantitative estimate of drug-likeness (QED) is 0.105.